The van der Waals surface area contributed by atoms with Gasteiger partial charge < -0.3 is 4.74 Å². The number of hydrogen-bond acceptors (Lipinski definition) is 3. The fraction of sp³-hybridized carbons (Fsp3) is 0.900. The standard InChI is InChI=1S/C10H20O3S/c1-3-5-6-8-14(12)9-7-10(11)13-4-2/h3-9H2,1-2H3. The summed E-state index contributed by atoms with van der Waals surface area (Å²) in [4.78, 5) is 10.9. The summed E-state index contributed by atoms with van der Waals surface area (Å²) in [6.45, 7) is 4.29. The van der Waals surface area contributed by atoms with E-state index < -0.39 is 10.8 Å². The second-order valence-corrected chi connectivity index (χ2v) is 4.81. The summed E-state index contributed by atoms with van der Waals surface area (Å²) in [6, 6.07) is 0. The molecule has 0 radical (unpaired) electrons. The van der Waals surface area contributed by atoms with Crippen LogP contribution in [0, 0.1) is 0 Å². The molecule has 0 bridgehead atoms. The molecule has 1 atom stereocenters. The molecule has 0 aromatic heterocycles. The molecule has 0 aromatic carbocycles. The van der Waals surface area contributed by atoms with Gasteiger partial charge in [-0.2, -0.15) is 0 Å². The Labute approximate surface area is 88.7 Å². The van der Waals surface area contributed by atoms with Gasteiger partial charge in [-0.15, -0.1) is 0 Å². The number of rotatable bonds is 8. The average molecular weight is 220 g/mol. The van der Waals surface area contributed by atoms with Gasteiger partial charge in [0.25, 0.3) is 0 Å². The van der Waals surface area contributed by atoms with Crippen LogP contribution in [0.25, 0.3) is 0 Å². The van der Waals surface area contributed by atoms with Crippen LogP contribution >= 0.6 is 0 Å². The van der Waals surface area contributed by atoms with Crippen LogP contribution in [0.4, 0.5) is 0 Å². The van der Waals surface area contributed by atoms with Gasteiger partial charge in [0.2, 0.25) is 0 Å². The van der Waals surface area contributed by atoms with Crippen molar-refractivity contribution in [2.45, 2.75) is 39.5 Å². The van der Waals surface area contributed by atoms with E-state index in [-0.39, 0.29) is 12.4 Å². The minimum Gasteiger partial charge on any atom is -0.466 e. The SMILES string of the molecule is CCCCCS(=O)CCC(=O)OCC. The Bertz CT molecular complexity index is 180. The molecular formula is C10H20O3S. The topological polar surface area (TPSA) is 43.4 Å². The maximum atomic E-state index is 11.3. The summed E-state index contributed by atoms with van der Waals surface area (Å²) in [5.41, 5.74) is 0. The highest BCUT2D eigenvalue weighted by Crippen LogP contribution is 1.98. The Kier molecular flexibility index (Phi) is 8.94. The smallest absolute Gasteiger partial charge is 0.306 e. The van der Waals surface area contributed by atoms with Crippen molar-refractivity contribution in [3.63, 3.8) is 0 Å². The molecule has 3 nitrogen and oxygen atoms in total. The maximum Gasteiger partial charge on any atom is 0.306 e. The van der Waals surface area contributed by atoms with Gasteiger partial charge >= 0.3 is 5.97 Å². The van der Waals surface area contributed by atoms with Crippen molar-refractivity contribution in [1.82, 2.24) is 0 Å². The van der Waals surface area contributed by atoms with Crippen molar-refractivity contribution in [3.05, 3.63) is 0 Å². The van der Waals surface area contributed by atoms with E-state index in [4.69, 9.17) is 4.74 Å². The Balaban J connectivity index is 3.39. The first-order valence-corrected chi connectivity index (χ1v) is 6.70. The maximum absolute atomic E-state index is 11.3. The van der Waals surface area contributed by atoms with E-state index in [1.54, 1.807) is 6.92 Å². The summed E-state index contributed by atoms with van der Waals surface area (Å²) < 4.78 is 16.1. The van der Waals surface area contributed by atoms with E-state index in [0.717, 1.165) is 19.3 Å². The molecular weight excluding hydrogens is 200 g/mol. The third kappa shape index (κ3) is 8.23. The molecule has 0 aliphatic heterocycles. The monoisotopic (exact) mass is 220 g/mol. The summed E-state index contributed by atoms with van der Waals surface area (Å²) in [5.74, 6) is 0.923. The van der Waals surface area contributed by atoms with Crippen LogP contribution in [-0.2, 0) is 20.3 Å². The Morgan fingerprint density at radius 1 is 1.21 bits per heavy atom. The van der Waals surface area contributed by atoms with Gasteiger partial charge in [-0.05, 0) is 13.3 Å². The highest BCUT2D eigenvalue weighted by molar-refractivity contribution is 7.84. The molecule has 0 aliphatic carbocycles. The number of hydrogen-bond donors (Lipinski definition) is 0. The minimum absolute atomic E-state index is 0.239. The zero-order chi connectivity index (χ0) is 10.8. The molecule has 0 rings (SSSR count). The number of esters is 1. The lowest BCUT2D eigenvalue weighted by molar-refractivity contribution is -0.142. The molecule has 0 saturated carbocycles. The van der Waals surface area contributed by atoms with Crippen LogP contribution in [0.15, 0.2) is 0 Å². The highest BCUT2D eigenvalue weighted by atomic mass is 32.2. The van der Waals surface area contributed by atoms with Crippen molar-refractivity contribution in [3.8, 4) is 0 Å². The Morgan fingerprint density at radius 2 is 1.93 bits per heavy atom. The second kappa shape index (κ2) is 9.19. The second-order valence-electron chi connectivity index (χ2n) is 3.11. The van der Waals surface area contributed by atoms with Crippen LogP contribution in [0.5, 0.6) is 0 Å². The first kappa shape index (κ1) is 13.6. The van der Waals surface area contributed by atoms with E-state index in [1.165, 1.54) is 0 Å². The summed E-state index contributed by atoms with van der Waals surface area (Å²) in [7, 11) is -0.847. The van der Waals surface area contributed by atoms with Crippen LogP contribution in [0.3, 0.4) is 0 Å². The highest BCUT2D eigenvalue weighted by Gasteiger charge is 2.05. The van der Waals surface area contributed by atoms with Crippen LogP contribution in [0.2, 0.25) is 0 Å². The number of ether oxygens (including phenoxy) is 1. The third-order valence-electron chi connectivity index (χ3n) is 1.81. The number of carbonyl (C=O) groups is 1. The molecule has 0 saturated heterocycles. The fourth-order valence-electron chi connectivity index (χ4n) is 1.05. The molecule has 14 heavy (non-hydrogen) atoms. The summed E-state index contributed by atoms with van der Waals surface area (Å²) in [6.07, 6.45) is 3.53. The molecule has 0 aromatic rings. The molecule has 0 amide bonds. The lowest BCUT2D eigenvalue weighted by Gasteiger charge is -2.02. The van der Waals surface area contributed by atoms with Gasteiger partial charge in [-0.3, -0.25) is 9.00 Å². The van der Waals surface area contributed by atoms with Gasteiger partial charge in [0.05, 0.1) is 13.0 Å². The quantitative estimate of drug-likeness (QED) is 0.463. The molecule has 1 unspecified atom stereocenters. The van der Waals surface area contributed by atoms with Gasteiger partial charge in [0.15, 0.2) is 0 Å². The summed E-state index contributed by atoms with van der Waals surface area (Å²) >= 11 is 0. The van der Waals surface area contributed by atoms with Gasteiger partial charge in [-0.25, -0.2) is 0 Å². The van der Waals surface area contributed by atoms with E-state index in [2.05, 4.69) is 6.92 Å². The van der Waals surface area contributed by atoms with Gasteiger partial charge in [0, 0.05) is 22.3 Å². The molecule has 0 spiro atoms. The Hall–Kier alpha value is -0.380. The molecule has 84 valence electrons. The molecule has 0 N–H and O–H groups in total. The Morgan fingerprint density at radius 3 is 2.50 bits per heavy atom. The minimum atomic E-state index is -0.847. The van der Waals surface area contributed by atoms with Crippen LogP contribution in [0.1, 0.15) is 39.5 Å². The molecule has 0 fully saturated rings. The molecule has 0 aliphatic rings. The predicted octanol–water partition coefficient (Wildman–Crippen LogP) is 1.88. The third-order valence-corrected chi connectivity index (χ3v) is 3.22. The van der Waals surface area contributed by atoms with Crippen molar-refractivity contribution in [2.24, 2.45) is 0 Å². The van der Waals surface area contributed by atoms with Crippen molar-refractivity contribution >= 4 is 16.8 Å². The van der Waals surface area contributed by atoms with Crippen molar-refractivity contribution < 1.29 is 13.7 Å². The van der Waals surface area contributed by atoms with E-state index in [9.17, 15) is 9.00 Å². The molecule has 4 heteroatoms. The van der Waals surface area contributed by atoms with Crippen molar-refractivity contribution in [1.29, 1.82) is 0 Å². The first-order valence-electron chi connectivity index (χ1n) is 5.21. The van der Waals surface area contributed by atoms with Crippen molar-refractivity contribution in [2.75, 3.05) is 18.1 Å². The zero-order valence-corrected chi connectivity index (χ0v) is 9.90. The van der Waals surface area contributed by atoms with E-state index in [1.807, 2.05) is 0 Å². The van der Waals surface area contributed by atoms with Gasteiger partial charge in [0.1, 0.15) is 0 Å². The average Bonchev–Trinajstić information content (AvgIpc) is 2.16. The van der Waals surface area contributed by atoms with Crippen LogP contribution < -0.4 is 0 Å². The van der Waals surface area contributed by atoms with E-state index in [0.29, 0.717) is 18.1 Å². The summed E-state index contributed by atoms with van der Waals surface area (Å²) in [5, 5.41) is 0. The molecule has 0 heterocycles. The number of unbranched alkanes of at least 4 members (excludes halogenated alkanes) is 2. The van der Waals surface area contributed by atoms with Gasteiger partial charge in [-0.1, -0.05) is 19.8 Å². The first-order chi connectivity index (χ1) is 6.70. The van der Waals surface area contributed by atoms with E-state index >= 15 is 0 Å². The normalized spacial score (nSPS) is 12.4. The largest absolute Gasteiger partial charge is 0.466 e. The van der Waals surface area contributed by atoms with Crippen LogP contribution in [-0.4, -0.2) is 28.3 Å². The lowest BCUT2D eigenvalue weighted by Crippen LogP contribution is -2.11. The zero-order valence-electron chi connectivity index (χ0n) is 9.08. The fourth-order valence-corrected chi connectivity index (χ4v) is 2.17. The lowest BCUT2D eigenvalue weighted by atomic mass is 10.3. The predicted molar refractivity (Wildman–Crippen MR) is 58.7 cm³/mol. The number of carbonyl (C=O) groups excluding carboxylic acids is 1.